The molecule has 0 fully saturated rings. The Morgan fingerprint density at radius 1 is 0.657 bits per heavy atom. The van der Waals surface area contributed by atoms with Crippen molar-refractivity contribution in [2.24, 2.45) is 0 Å². The van der Waals surface area contributed by atoms with Gasteiger partial charge in [0.25, 0.3) is 0 Å². The summed E-state index contributed by atoms with van der Waals surface area (Å²) in [4.78, 5) is 6.35. The van der Waals surface area contributed by atoms with E-state index < -0.39 is 0 Å². The summed E-state index contributed by atoms with van der Waals surface area (Å²) in [6.07, 6.45) is 2.22. The molecule has 0 aliphatic rings. The van der Waals surface area contributed by atoms with Gasteiger partial charge in [-0.3, -0.25) is 0 Å². The predicted octanol–water partition coefficient (Wildman–Crippen LogP) is 5.22. The first-order valence-electron chi connectivity index (χ1n) is 12.1. The van der Waals surface area contributed by atoms with Gasteiger partial charge in [0.05, 0.1) is 0 Å². The summed E-state index contributed by atoms with van der Waals surface area (Å²) in [7, 11) is 12.3. The van der Waals surface area contributed by atoms with Gasteiger partial charge < -0.3 is 24.2 Å². The fourth-order valence-corrected chi connectivity index (χ4v) is 3.58. The number of anilines is 1. The van der Waals surface area contributed by atoms with Crippen molar-refractivity contribution in [3.8, 4) is 11.5 Å². The first kappa shape index (κ1) is 26.3. The Morgan fingerprint density at radius 3 is 1.80 bits per heavy atom. The van der Waals surface area contributed by atoms with Gasteiger partial charge >= 0.3 is 0 Å². The Balaban J connectivity index is 1.94. The molecule has 0 aromatic heterocycles. The maximum Gasteiger partial charge on any atom is 0.119 e. The maximum atomic E-state index is 6.03. The van der Waals surface area contributed by atoms with Gasteiger partial charge in [0, 0.05) is 32.9 Å². The lowest BCUT2D eigenvalue weighted by atomic mass is 9.95. The molecule has 5 nitrogen and oxygen atoms in total. The second kappa shape index (κ2) is 13.0. The summed E-state index contributed by atoms with van der Waals surface area (Å²) >= 11 is 0. The number of rotatable bonds is 12. The van der Waals surface area contributed by atoms with Crippen LogP contribution in [0.4, 0.5) is 5.69 Å². The first-order valence-corrected chi connectivity index (χ1v) is 12.1. The average Bonchev–Trinajstić information content (AvgIpc) is 2.83. The third-order valence-electron chi connectivity index (χ3n) is 5.62. The lowest BCUT2D eigenvalue weighted by Gasteiger charge is -2.16. The number of ether oxygens (including phenoxy) is 2. The predicted molar refractivity (Wildman–Crippen MR) is 149 cm³/mol. The van der Waals surface area contributed by atoms with E-state index in [2.05, 4.69) is 118 Å². The van der Waals surface area contributed by atoms with Gasteiger partial charge in [-0.25, -0.2) is 0 Å². The van der Waals surface area contributed by atoms with Gasteiger partial charge in [0.15, 0.2) is 0 Å². The zero-order chi connectivity index (χ0) is 25.2. The van der Waals surface area contributed by atoms with Crippen LogP contribution in [0, 0.1) is 0 Å². The molecule has 0 radical (unpaired) electrons. The van der Waals surface area contributed by atoms with E-state index in [0.29, 0.717) is 13.2 Å². The lowest BCUT2D eigenvalue weighted by molar-refractivity contribution is 0.261. The second-order valence-corrected chi connectivity index (χ2v) is 9.40. The minimum atomic E-state index is 0.652. The van der Waals surface area contributed by atoms with Crippen LogP contribution in [0.1, 0.15) is 16.7 Å². The molecule has 3 rings (SSSR count). The lowest BCUT2D eigenvalue weighted by Crippen LogP contribution is -2.19. The van der Waals surface area contributed by atoms with E-state index in [4.69, 9.17) is 9.47 Å². The van der Waals surface area contributed by atoms with Crippen LogP contribution in [-0.4, -0.2) is 78.4 Å². The molecular weight excluding hydrogens is 434 g/mol. The van der Waals surface area contributed by atoms with E-state index in [1.165, 1.54) is 5.69 Å². The van der Waals surface area contributed by atoms with Crippen LogP contribution in [0.15, 0.2) is 72.8 Å². The number of hydrogen-bond acceptors (Lipinski definition) is 5. The highest BCUT2D eigenvalue weighted by molar-refractivity contribution is 5.92. The summed E-state index contributed by atoms with van der Waals surface area (Å²) in [5.41, 5.74) is 5.67. The molecule has 0 aliphatic heterocycles. The molecule has 0 spiro atoms. The van der Waals surface area contributed by atoms with E-state index in [1.54, 1.807) is 0 Å². The molecule has 0 atom stereocenters. The summed E-state index contributed by atoms with van der Waals surface area (Å²) in [5.74, 6) is 1.75. The van der Waals surface area contributed by atoms with Gasteiger partial charge in [-0.05, 0) is 92.9 Å². The number of nitrogens with zero attached hydrogens (tertiary/aromatic N) is 3. The highest BCUT2D eigenvalue weighted by Crippen LogP contribution is 2.30. The molecule has 3 aromatic rings. The smallest absolute Gasteiger partial charge is 0.119 e. The molecule has 0 heterocycles. The minimum absolute atomic E-state index is 0.652. The van der Waals surface area contributed by atoms with Gasteiger partial charge in [-0.15, -0.1) is 0 Å². The van der Waals surface area contributed by atoms with Crippen LogP contribution in [-0.2, 0) is 0 Å². The quantitative estimate of drug-likeness (QED) is 0.336. The SMILES string of the molecule is CN(C)CCOc1cccc(/C=C(/c2ccc(N(C)C)cc2)c2cccc(OCCN(C)C)c2)c1. The monoisotopic (exact) mass is 473 g/mol. The number of hydrogen-bond donors (Lipinski definition) is 0. The van der Waals surface area contributed by atoms with E-state index in [-0.39, 0.29) is 0 Å². The first-order chi connectivity index (χ1) is 16.8. The van der Waals surface area contributed by atoms with E-state index in [9.17, 15) is 0 Å². The minimum Gasteiger partial charge on any atom is -0.492 e. The Bertz CT molecular complexity index is 1090. The van der Waals surface area contributed by atoms with Crippen molar-refractivity contribution in [2.75, 3.05) is 73.5 Å². The summed E-state index contributed by atoms with van der Waals surface area (Å²) < 4.78 is 12.0. The van der Waals surface area contributed by atoms with Crippen LogP contribution in [0.25, 0.3) is 11.6 Å². The van der Waals surface area contributed by atoms with Crippen molar-refractivity contribution >= 4 is 17.3 Å². The zero-order valence-electron chi connectivity index (χ0n) is 22.0. The van der Waals surface area contributed by atoms with Gasteiger partial charge in [-0.2, -0.15) is 0 Å². The molecule has 0 aliphatic carbocycles. The topological polar surface area (TPSA) is 28.2 Å². The third kappa shape index (κ3) is 8.46. The van der Waals surface area contributed by atoms with Crippen molar-refractivity contribution in [1.29, 1.82) is 0 Å². The van der Waals surface area contributed by atoms with Crippen molar-refractivity contribution in [1.82, 2.24) is 9.80 Å². The van der Waals surface area contributed by atoms with Crippen molar-refractivity contribution in [3.05, 3.63) is 89.5 Å². The Morgan fingerprint density at radius 2 is 1.23 bits per heavy atom. The molecule has 5 heteroatoms. The van der Waals surface area contributed by atoms with Crippen LogP contribution >= 0.6 is 0 Å². The number of benzene rings is 3. The van der Waals surface area contributed by atoms with Crippen LogP contribution in [0.3, 0.4) is 0 Å². The Labute approximate surface area is 211 Å². The molecule has 35 heavy (non-hydrogen) atoms. The molecule has 0 N–H and O–H groups in total. The molecule has 0 saturated heterocycles. The van der Waals surface area contributed by atoms with Crippen LogP contribution in [0.2, 0.25) is 0 Å². The molecule has 186 valence electrons. The number of likely N-dealkylation sites (N-methyl/N-ethyl adjacent to an activating group) is 2. The third-order valence-corrected chi connectivity index (χ3v) is 5.62. The second-order valence-electron chi connectivity index (χ2n) is 9.40. The Hall–Kier alpha value is -3.28. The summed E-state index contributed by atoms with van der Waals surface area (Å²) in [6, 6.07) is 25.3. The van der Waals surface area contributed by atoms with Gasteiger partial charge in [-0.1, -0.05) is 36.4 Å². The largest absolute Gasteiger partial charge is 0.492 e. The van der Waals surface area contributed by atoms with Crippen LogP contribution in [0.5, 0.6) is 11.5 Å². The molecule has 0 bridgehead atoms. The normalized spacial score (nSPS) is 11.7. The summed E-state index contributed by atoms with van der Waals surface area (Å²) in [5, 5.41) is 0. The van der Waals surface area contributed by atoms with Gasteiger partial charge in [0.2, 0.25) is 0 Å². The molecule has 0 amide bonds. The van der Waals surface area contributed by atoms with E-state index in [1.807, 2.05) is 18.2 Å². The van der Waals surface area contributed by atoms with Crippen LogP contribution < -0.4 is 14.4 Å². The Kier molecular flexibility index (Phi) is 9.76. The highest BCUT2D eigenvalue weighted by atomic mass is 16.5. The zero-order valence-corrected chi connectivity index (χ0v) is 22.0. The summed E-state index contributed by atoms with van der Waals surface area (Å²) in [6.45, 7) is 3.06. The fraction of sp³-hybridized carbons (Fsp3) is 0.333. The van der Waals surface area contributed by atoms with Gasteiger partial charge in [0.1, 0.15) is 24.7 Å². The highest BCUT2D eigenvalue weighted by Gasteiger charge is 2.09. The average molecular weight is 474 g/mol. The maximum absolute atomic E-state index is 6.03. The van der Waals surface area contributed by atoms with E-state index in [0.717, 1.165) is 46.9 Å². The standard InChI is InChI=1S/C30H39N3O2/c1-31(2)17-19-34-28-11-7-9-24(21-28)22-30(25-13-15-27(16-14-25)33(5)6)26-10-8-12-29(23-26)35-20-18-32(3)4/h7-16,21-23H,17-20H2,1-6H3/b30-22-. The van der Waals surface area contributed by atoms with Crippen molar-refractivity contribution < 1.29 is 9.47 Å². The van der Waals surface area contributed by atoms with Crippen molar-refractivity contribution in [3.63, 3.8) is 0 Å². The molecule has 0 saturated carbocycles. The molecule has 3 aromatic carbocycles. The van der Waals surface area contributed by atoms with E-state index >= 15 is 0 Å². The molecule has 0 unspecified atom stereocenters. The fourth-order valence-electron chi connectivity index (χ4n) is 3.58. The van der Waals surface area contributed by atoms with Crippen molar-refractivity contribution in [2.45, 2.75) is 0 Å². The molecular formula is C30H39N3O2.